The fourth-order valence-corrected chi connectivity index (χ4v) is 2.92. The van der Waals surface area contributed by atoms with Gasteiger partial charge in [-0.05, 0) is 38.1 Å². The van der Waals surface area contributed by atoms with Gasteiger partial charge in [0.1, 0.15) is 11.6 Å². The normalized spacial score (nSPS) is 10.7. The average Bonchev–Trinajstić information content (AvgIpc) is 3.08. The zero-order valence-corrected chi connectivity index (χ0v) is 13.6. The van der Waals surface area contributed by atoms with Crippen molar-refractivity contribution >= 4 is 22.3 Å². The van der Waals surface area contributed by atoms with E-state index in [1.165, 1.54) is 0 Å². The summed E-state index contributed by atoms with van der Waals surface area (Å²) < 4.78 is 7.27. The van der Waals surface area contributed by atoms with Crippen LogP contribution in [-0.4, -0.2) is 21.4 Å². The van der Waals surface area contributed by atoms with Crippen LogP contribution in [0.2, 0.25) is 0 Å². The SMILES string of the molecule is CCOc1ccc(-c2csc(Nc3cc(C)nn3C)n2)cc1. The molecule has 0 saturated heterocycles. The quantitative estimate of drug-likeness (QED) is 0.773. The number of ether oxygens (including phenoxy) is 1. The summed E-state index contributed by atoms with van der Waals surface area (Å²) in [4.78, 5) is 4.63. The number of aryl methyl sites for hydroxylation is 2. The van der Waals surface area contributed by atoms with Gasteiger partial charge in [0.05, 0.1) is 18.0 Å². The Balaban J connectivity index is 1.77. The van der Waals surface area contributed by atoms with E-state index in [2.05, 4.69) is 15.4 Å². The molecule has 0 radical (unpaired) electrons. The molecule has 2 heterocycles. The number of anilines is 2. The van der Waals surface area contributed by atoms with Crippen LogP contribution in [0.5, 0.6) is 5.75 Å². The molecule has 5 nitrogen and oxygen atoms in total. The topological polar surface area (TPSA) is 52.0 Å². The van der Waals surface area contributed by atoms with Crippen molar-refractivity contribution in [2.75, 3.05) is 11.9 Å². The van der Waals surface area contributed by atoms with E-state index in [0.717, 1.165) is 33.7 Å². The molecule has 1 aromatic carbocycles. The molecule has 3 rings (SSSR count). The third-order valence-corrected chi connectivity index (χ3v) is 3.96. The molecule has 0 saturated carbocycles. The molecular weight excluding hydrogens is 296 g/mol. The molecule has 0 aliphatic rings. The lowest BCUT2D eigenvalue weighted by Crippen LogP contribution is -1.98. The van der Waals surface area contributed by atoms with Crippen molar-refractivity contribution in [3.8, 4) is 17.0 Å². The van der Waals surface area contributed by atoms with Gasteiger partial charge in [-0.15, -0.1) is 11.3 Å². The molecule has 22 heavy (non-hydrogen) atoms. The zero-order valence-electron chi connectivity index (χ0n) is 12.8. The van der Waals surface area contributed by atoms with E-state index in [0.29, 0.717) is 6.61 Å². The van der Waals surface area contributed by atoms with Crippen molar-refractivity contribution in [1.29, 1.82) is 0 Å². The van der Waals surface area contributed by atoms with E-state index in [1.54, 1.807) is 11.3 Å². The highest BCUT2D eigenvalue weighted by molar-refractivity contribution is 7.14. The van der Waals surface area contributed by atoms with E-state index >= 15 is 0 Å². The largest absolute Gasteiger partial charge is 0.494 e. The van der Waals surface area contributed by atoms with Crippen LogP contribution in [0.3, 0.4) is 0 Å². The van der Waals surface area contributed by atoms with Crippen molar-refractivity contribution in [1.82, 2.24) is 14.8 Å². The smallest absolute Gasteiger partial charge is 0.188 e. The Labute approximate surface area is 133 Å². The van der Waals surface area contributed by atoms with Gasteiger partial charge in [0.15, 0.2) is 5.13 Å². The molecule has 1 N–H and O–H groups in total. The van der Waals surface area contributed by atoms with Crippen molar-refractivity contribution in [2.45, 2.75) is 13.8 Å². The average molecular weight is 314 g/mol. The van der Waals surface area contributed by atoms with E-state index in [1.807, 2.05) is 61.3 Å². The Hall–Kier alpha value is -2.34. The Morgan fingerprint density at radius 1 is 1.27 bits per heavy atom. The Bertz CT molecular complexity index is 761. The van der Waals surface area contributed by atoms with Crippen LogP contribution in [0, 0.1) is 6.92 Å². The first kappa shape index (κ1) is 14.6. The van der Waals surface area contributed by atoms with Gasteiger partial charge in [-0.3, -0.25) is 4.68 Å². The maximum Gasteiger partial charge on any atom is 0.188 e. The number of hydrogen-bond donors (Lipinski definition) is 1. The molecular formula is C16H18N4OS. The van der Waals surface area contributed by atoms with Crippen molar-refractivity contribution < 1.29 is 4.74 Å². The highest BCUT2D eigenvalue weighted by Crippen LogP contribution is 2.28. The predicted molar refractivity (Wildman–Crippen MR) is 89.9 cm³/mol. The van der Waals surface area contributed by atoms with Gasteiger partial charge in [0, 0.05) is 24.1 Å². The lowest BCUT2D eigenvalue weighted by molar-refractivity contribution is 0.340. The summed E-state index contributed by atoms with van der Waals surface area (Å²) in [7, 11) is 1.91. The lowest BCUT2D eigenvalue weighted by Gasteiger charge is -2.03. The van der Waals surface area contributed by atoms with Gasteiger partial charge in [0.2, 0.25) is 0 Å². The molecule has 0 fully saturated rings. The summed E-state index contributed by atoms with van der Waals surface area (Å²) in [6, 6.07) is 9.99. The third kappa shape index (κ3) is 3.12. The van der Waals surface area contributed by atoms with Gasteiger partial charge in [0.25, 0.3) is 0 Å². The lowest BCUT2D eigenvalue weighted by atomic mass is 10.2. The number of thiazole rings is 1. The minimum Gasteiger partial charge on any atom is -0.494 e. The standard InChI is InChI=1S/C16H18N4OS/c1-4-21-13-7-5-12(6-8-13)14-10-22-16(17-14)18-15-9-11(2)19-20(15)3/h5-10H,4H2,1-3H3,(H,17,18). The molecule has 0 aliphatic carbocycles. The van der Waals surface area contributed by atoms with Crippen LogP contribution in [0.4, 0.5) is 10.9 Å². The predicted octanol–water partition coefficient (Wildman–Crippen LogP) is 3.99. The van der Waals surface area contributed by atoms with Crippen LogP contribution in [0.25, 0.3) is 11.3 Å². The number of nitrogens with zero attached hydrogens (tertiary/aromatic N) is 3. The van der Waals surface area contributed by atoms with Gasteiger partial charge in [-0.25, -0.2) is 4.98 Å². The molecule has 0 aliphatic heterocycles. The number of benzene rings is 1. The number of nitrogens with one attached hydrogen (secondary N) is 1. The number of rotatable bonds is 5. The van der Waals surface area contributed by atoms with Gasteiger partial charge < -0.3 is 10.1 Å². The summed E-state index contributed by atoms with van der Waals surface area (Å²) >= 11 is 1.58. The first-order valence-electron chi connectivity index (χ1n) is 7.12. The molecule has 0 bridgehead atoms. The van der Waals surface area contributed by atoms with E-state index < -0.39 is 0 Å². The third-order valence-electron chi connectivity index (χ3n) is 3.20. The van der Waals surface area contributed by atoms with Gasteiger partial charge >= 0.3 is 0 Å². The second kappa shape index (κ2) is 6.19. The molecule has 2 aromatic heterocycles. The van der Waals surface area contributed by atoms with Crippen molar-refractivity contribution in [3.63, 3.8) is 0 Å². The molecule has 3 aromatic rings. The van der Waals surface area contributed by atoms with Crippen molar-refractivity contribution in [3.05, 3.63) is 41.4 Å². The van der Waals surface area contributed by atoms with Crippen molar-refractivity contribution in [2.24, 2.45) is 7.05 Å². The minimum atomic E-state index is 0.675. The molecule has 0 unspecified atom stereocenters. The first-order chi connectivity index (χ1) is 10.7. The van der Waals surface area contributed by atoms with Crippen LogP contribution < -0.4 is 10.1 Å². The van der Waals surface area contributed by atoms with Gasteiger partial charge in [-0.1, -0.05) is 0 Å². The number of hydrogen-bond acceptors (Lipinski definition) is 5. The second-order valence-corrected chi connectivity index (χ2v) is 5.77. The Morgan fingerprint density at radius 2 is 2.05 bits per heavy atom. The first-order valence-corrected chi connectivity index (χ1v) is 8.00. The Morgan fingerprint density at radius 3 is 2.68 bits per heavy atom. The summed E-state index contributed by atoms with van der Waals surface area (Å²) in [6.07, 6.45) is 0. The highest BCUT2D eigenvalue weighted by atomic mass is 32.1. The highest BCUT2D eigenvalue weighted by Gasteiger charge is 2.08. The maximum absolute atomic E-state index is 5.46. The monoisotopic (exact) mass is 314 g/mol. The summed E-state index contributed by atoms with van der Waals surface area (Å²) in [5, 5.41) is 10.5. The molecule has 0 spiro atoms. The molecule has 0 amide bonds. The van der Waals surface area contributed by atoms with Crippen LogP contribution in [0.1, 0.15) is 12.6 Å². The summed E-state index contributed by atoms with van der Waals surface area (Å²) in [6.45, 7) is 4.62. The van der Waals surface area contributed by atoms with Crippen LogP contribution in [0.15, 0.2) is 35.7 Å². The maximum atomic E-state index is 5.46. The summed E-state index contributed by atoms with van der Waals surface area (Å²) in [5.41, 5.74) is 3.01. The van der Waals surface area contributed by atoms with E-state index in [-0.39, 0.29) is 0 Å². The molecule has 0 atom stereocenters. The fraction of sp³-hybridized carbons (Fsp3) is 0.250. The Kier molecular flexibility index (Phi) is 4.11. The van der Waals surface area contributed by atoms with Crippen LogP contribution in [-0.2, 0) is 7.05 Å². The van der Waals surface area contributed by atoms with Gasteiger partial charge in [-0.2, -0.15) is 5.10 Å². The van der Waals surface area contributed by atoms with E-state index in [4.69, 9.17) is 4.74 Å². The molecule has 6 heteroatoms. The van der Waals surface area contributed by atoms with E-state index in [9.17, 15) is 0 Å². The zero-order chi connectivity index (χ0) is 15.5. The number of aromatic nitrogens is 3. The second-order valence-electron chi connectivity index (χ2n) is 4.91. The minimum absolute atomic E-state index is 0.675. The van der Waals surface area contributed by atoms with Crippen LogP contribution >= 0.6 is 11.3 Å². The fourth-order valence-electron chi connectivity index (χ4n) is 2.19. The molecule has 114 valence electrons. The summed E-state index contributed by atoms with van der Waals surface area (Å²) in [5.74, 6) is 1.82.